The van der Waals surface area contributed by atoms with Gasteiger partial charge in [0.2, 0.25) is 5.95 Å². The highest BCUT2D eigenvalue weighted by Crippen LogP contribution is 2.25. The Balaban J connectivity index is 1.48. The van der Waals surface area contributed by atoms with Gasteiger partial charge in [-0.25, -0.2) is 9.97 Å². The van der Waals surface area contributed by atoms with Gasteiger partial charge in [0.25, 0.3) is 5.91 Å². The Kier molecular flexibility index (Phi) is 4.14. The molecule has 0 radical (unpaired) electrons. The zero-order chi connectivity index (χ0) is 16.7. The second kappa shape index (κ2) is 6.29. The SMILES string of the molecule is C[C@H]1CN2C[C@@H](NC(=O)c3nc(N)nc4c3CCCC4)C[C@H]2CO1. The van der Waals surface area contributed by atoms with Gasteiger partial charge in [0.15, 0.2) is 0 Å². The number of carbonyl (C=O) groups is 1. The minimum absolute atomic E-state index is 0.110. The summed E-state index contributed by atoms with van der Waals surface area (Å²) in [7, 11) is 0. The van der Waals surface area contributed by atoms with Gasteiger partial charge >= 0.3 is 0 Å². The van der Waals surface area contributed by atoms with E-state index in [2.05, 4.69) is 27.1 Å². The van der Waals surface area contributed by atoms with E-state index < -0.39 is 0 Å². The first-order valence-corrected chi connectivity index (χ1v) is 8.92. The molecule has 1 aliphatic carbocycles. The summed E-state index contributed by atoms with van der Waals surface area (Å²) in [5.41, 5.74) is 8.23. The molecule has 4 rings (SSSR count). The number of aromatic nitrogens is 2. The van der Waals surface area contributed by atoms with Gasteiger partial charge in [0, 0.05) is 36.4 Å². The molecular formula is C17H25N5O2. The molecule has 7 heteroatoms. The van der Waals surface area contributed by atoms with Crippen LogP contribution in [-0.2, 0) is 17.6 Å². The van der Waals surface area contributed by atoms with Crippen molar-refractivity contribution in [1.29, 1.82) is 0 Å². The first-order valence-electron chi connectivity index (χ1n) is 8.92. The number of nitrogens with two attached hydrogens (primary N) is 1. The van der Waals surface area contributed by atoms with Crippen LogP contribution in [0, 0.1) is 0 Å². The fraction of sp³-hybridized carbons (Fsp3) is 0.706. The summed E-state index contributed by atoms with van der Waals surface area (Å²) in [6, 6.07) is 0.558. The third kappa shape index (κ3) is 2.98. The van der Waals surface area contributed by atoms with Crippen LogP contribution in [0.4, 0.5) is 5.95 Å². The largest absolute Gasteiger partial charge is 0.376 e. The van der Waals surface area contributed by atoms with Crippen molar-refractivity contribution < 1.29 is 9.53 Å². The quantitative estimate of drug-likeness (QED) is 0.821. The van der Waals surface area contributed by atoms with Crippen molar-refractivity contribution in [2.75, 3.05) is 25.4 Å². The number of carbonyl (C=O) groups excluding carboxylic acids is 1. The van der Waals surface area contributed by atoms with Gasteiger partial charge < -0.3 is 15.8 Å². The van der Waals surface area contributed by atoms with Crippen molar-refractivity contribution in [3.8, 4) is 0 Å². The summed E-state index contributed by atoms with van der Waals surface area (Å²) in [5.74, 6) is 0.0907. The summed E-state index contributed by atoms with van der Waals surface area (Å²) >= 11 is 0. The second-order valence-electron chi connectivity index (χ2n) is 7.22. The molecule has 0 bridgehead atoms. The Morgan fingerprint density at radius 1 is 1.29 bits per heavy atom. The molecule has 3 heterocycles. The summed E-state index contributed by atoms with van der Waals surface area (Å²) < 4.78 is 5.73. The summed E-state index contributed by atoms with van der Waals surface area (Å²) in [5, 5.41) is 3.16. The van der Waals surface area contributed by atoms with Gasteiger partial charge in [-0.1, -0.05) is 0 Å². The van der Waals surface area contributed by atoms with Crippen LogP contribution in [-0.4, -0.2) is 58.7 Å². The lowest BCUT2D eigenvalue weighted by Gasteiger charge is -2.33. The highest BCUT2D eigenvalue weighted by atomic mass is 16.5. The normalized spacial score (nSPS) is 29.8. The monoisotopic (exact) mass is 331 g/mol. The molecule has 3 aliphatic rings. The molecule has 2 fully saturated rings. The Hall–Kier alpha value is -1.73. The first kappa shape index (κ1) is 15.8. The number of nitrogens with zero attached hydrogens (tertiary/aromatic N) is 3. The maximum atomic E-state index is 12.8. The third-order valence-corrected chi connectivity index (χ3v) is 5.34. The number of nitrogens with one attached hydrogen (secondary N) is 1. The van der Waals surface area contributed by atoms with Gasteiger partial charge in [-0.15, -0.1) is 0 Å². The molecule has 2 aliphatic heterocycles. The molecule has 130 valence electrons. The molecule has 3 atom stereocenters. The van der Waals surface area contributed by atoms with Crippen LogP contribution in [0.1, 0.15) is 47.9 Å². The van der Waals surface area contributed by atoms with Crippen molar-refractivity contribution in [3.63, 3.8) is 0 Å². The van der Waals surface area contributed by atoms with E-state index in [9.17, 15) is 4.79 Å². The number of aryl methyl sites for hydroxylation is 1. The zero-order valence-corrected chi connectivity index (χ0v) is 14.1. The summed E-state index contributed by atoms with van der Waals surface area (Å²) in [6.07, 6.45) is 5.13. The average Bonchev–Trinajstić information content (AvgIpc) is 2.95. The molecule has 3 N–H and O–H groups in total. The molecular weight excluding hydrogens is 306 g/mol. The Morgan fingerprint density at radius 3 is 3.00 bits per heavy atom. The number of hydrogen-bond donors (Lipinski definition) is 2. The topological polar surface area (TPSA) is 93.4 Å². The van der Waals surface area contributed by atoms with Gasteiger partial charge in [0.1, 0.15) is 5.69 Å². The molecule has 0 aromatic carbocycles. The van der Waals surface area contributed by atoms with Gasteiger partial charge in [-0.3, -0.25) is 9.69 Å². The number of hydrogen-bond acceptors (Lipinski definition) is 6. The van der Waals surface area contributed by atoms with E-state index in [0.29, 0.717) is 11.7 Å². The maximum Gasteiger partial charge on any atom is 0.270 e. The summed E-state index contributed by atoms with van der Waals surface area (Å²) in [4.78, 5) is 23.8. The molecule has 0 unspecified atom stereocenters. The number of rotatable bonds is 2. The lowest BCUT2D eigenvalue weighted by molar-refractivity contribution is -0.0390. The van der Waals surface area contributed by atoms with Crippen molar-refractivity contribution in [1.82, 2.24) is 20.2 Å². The molecule has 1 amide bonds. The van der Waals surface area contributed by atoms with Crippen molar-refractivity contribution >= 4 is 11.9 Å². The van der Waals surface area contributed by atoms with Gasteiger partial charge in [0.05, 0.1) is 12.7 Å². The standard InChI is InChI=1S/C17H25N5O2/c1-10-7-22-8-11(6-12(22)9-24-10)19-16(23)15-13-4-2-3-5-14(13)20-17(18)21-15/h10-12H,2-9H2,1H3,(H,19,23)(H2,18,20,21)/t10-,11-,12-/m0/s1. The molecule has 1 aromatic heterocycles. The van der Waals surface area contributed by atoms with Crippen LogP contribution < -0.4 is 11.1 Å². The first-order chi connectivity index (χ1) is 11.6. The number of nitrogen functional groups attached to an aromatic ring is 1. The number of morpholine rings is 1. The molecule has 0 saturated carbocycles. The highest BCUT2D eigenvalue weighted by Gasteiger charge is 2.37. The predicted octanol–water partition coefficient (Wildman–Crippen LogP) is 0.529. The van der Waals surface area contributed by atoms with Gasteiger partial charge in [-0.05, 0) is 39.0 Å². The van der Waals surface area contributed by atoms with Crippen LogP contribution in [0.5, 0.6) is 0 Å². The van der Waals surface area contributed by atoms with E-state index in [0.717, 1.165) is 63.1 Å². The van der Waals surface area contributed by atoms with Crippen molar-refractivity contribution in [3.05, 3.63) is 17.0 Å². The van der Waals surface area contributed by atoms with Crippen LogP contribution in [0.2, 0.25) is 0 Å². The fourth-order valence-corrected chi connectivity index (χ4v) is 4.20. The highest BCUT2D eigenvalue weighted by molar-refractivity contribution is 5.94. The van der Waals surface area contributed by atoms with E-state index in [-0.39, 0.29) is 24.0 Å². The van der Waals surface area contributed by atoms with Crippen LogP contribution in [0.25, 0.3) is 0 Å². The number of fused-ring (bicyclic) bond motifs is 2. The molecule has 7 nitrogen and oxygen atoms in total. The Bertz CT molecular complexity index is 650. The van der Waals surface area contributed by atoms with E-state index in [1.54, 1.807) is 0 Å². The molecule has 24 heavy (non-hydrogen) atoms. The summed E-state index contributed by atoms with van der Waals surface area (Å²) in [6.45, 7) is 4.67. The third-order valence-electron chi connectivity index (χ3n) is 5.34. The van der Waals surface area contributed by atoms with Crippen LogP contribution in [0.3, 0.4) is 0 Å². The lowest BCUT2D eigenvalue weighted by atomic mass is 9.94. The van der Waals surface area contributed by atoms with Gasteiger partial charge in [-0.2, -0.15) is 0 Å². The predicted molar refractivity (Wildman–Crippen MR) is 89.7 cm³/mol. The number of anilines is 1. The van der Waals surface area contributed by atoms with E-state index in [4.69, 9.17) is 10.5 Å². The Labute approximate surface area is 142 Å². The smallest absolute Gasteiger partial charge is 0.270 e. The van der Waals surface area contributed by atoms with E-state index in [1.807, 2.05) is 0 Å². The minimum atomic E-state index is -0.110. The Morgan fingerprint density at radius 2 is 2.12 bits per heavy atom. The van der Waals surface area contributed by atoms with E-state index >= 15 is 0 Å². The number of ether oxygens (including phenoxy) is 1. The second-order valence-corrected chi connectivity index (χ2v) is 7.22. The van der Waals surface area contributed by atoms with Crippen molar-refractivity contribution in [2.45, 2.75) is 57.2 Å². The zero-order valence-electron chi connectivity index (χ0n) is 14.1. The average molecular weight is 331 g/mol. The van der Waals surface area contributed by atoms with E-state index in [1.165, 1.54) is 0 Å². The fourth-order valence-electron chi connectivity index (χ4n) is 4.20. The molecule has 1 aromatic rings. The van der Waals surface area contributed by atoms with Crippen LogP contribution in [0.15, 0.2) is 0 Å². The number of amides is 1. The maximum absolute atomic E-state index is 12.8. The van der Waals surface area contributed by atoms with Crippen LogP contribution >= 0.6 is 0 Å². The lowest BCUT2D eigenvalue weighted by Crippen LogP contribution is -2.45. The minimum Gasteiger partial charge on any atom is -0.376 e. The van der Waals surface area contributed by atoms with Crippen molar-refractivity contribution in [2.24, 2.45) is 0 Å². The molecule has 0 spiro atoms. The molecule has 2 saturated heterocycles.